The van der Waals surface area contributed by atoms with Crippen LogP contribution in [0.4, 0.5) is 13.2 Å². The van der Waals surface area contributed by atoms with E-state index in [0.29, 0.717) is 13.0 Å². The van der Waals surface area contributed by atoms with E-state index in [1.807, 2.05) is 0 Å². The first-order chi connectivity index (χ1) is 7.71. The molecule has 0 aliphatic carbocycles. The van der Waals surface area contributed by atoms with E-state index in [0.717, 1.165) is 6.42 Å². The molecule has 0 saturated carbocycles. The lowest BCUT2D eigenvalue weighted by Gasteiger charge is -2.28. The van der Waals surface area contributed by atoms with Crippen LogP contribution in [0.15, 0.2) is 0 Å². The Balaban J connectivity index is 2.45. The fraction of sp³-hybridized carbons (Fsp3) is 1.00. The molecule has 0 aromatic heterocycles. The number of sulfonamides is 1. The van der Waals surface area contributed by atoms with E-state index in [-0.39, 0.29) is 11.9 Å². The van der Waals surface area contributed by atoms with Gasteiger partial charge in [-0.2, -0.15) is 13.2 Å². The second-order valence-electron chi connectivity index (χ2n) is 4.13. The molecule has 8 heteroatoms. The Morgan fingerprint density at radius 1 is 1.35 bits per heavy atom. The number of piperidine rings is 1. The molecule has 0 aromatic rings. The van der Waals surface area contributed by atoms with Gasteiger partial charge < -0.3 is 0 Å². The lowest BCUT2D eigenvalue weighted by molar-refractivity contribution is -0.134. The molecule has 1 rings (SSSR count). The summed E-state index contributed by atoms with van der Waals surface area (Å²) in [5.74, 6) is -0.462. The SMILES string of the molecule is O=S(=O)(CCCC(F)(F)F)N1CCCC(Cl)C1. The number of alkyl halides is 4. The summed E-state index contributed by atoms with van der Waals surface area (Å²) >= 11 is 5.84. The molecule has 17 heavy (non-hydrogen) atoms. The fourth-order valence-corrected chi connectivity index (χ4v) is 3.71. The van der Waals surface area contributed by atoms with Crippen LogP contribution in [0.1, 0.15) is 25.7 Å². The standard InChI is InChI=1S/C9H15ClF3NO2S/c10-8-3-1-5-14(7-8)17(15,16)6-2-4-9(11,12)13/h8H,1-7H2. The molecule has 102 valence electrons. The van der Waals surface area contributed by atoms with E-state index in [1.54, 1.807) is 0 Å². The van der Waals surface area contributed by atoms with E-state index in [1.165, 1.54) is 4.31 Å². The third-order valence-electron chi connectivity index (χ3n) is 2.58. The Hall–Kier alpha value is -0.0100. The zero-order valence-corrected chi connectivity index (χ0v) is 10.8. The zero-order valence-electron chi connectivity index (χ0n) is 9.21. The zero-order chi connectivity index (χ0) is 13.1. The molecule has 1 saturated heterocycles. The van der Waals surface area contributed by atoms with Crippen molar-refractivity contribution in [1.82, 2.24) is 4.31 Å². The lowest BCUT2D eigenvalue weighted by Crippen LogP contribution is -2.41. The molecule has 1 unspecified atom stereocenters. The summed E-state index contributed by atoms with van der Waals surface area (Å²) in [6.07, 6.45) is -4.35. The molecule has 0 amide bonds. The van der Waals surface area contributed by atoms with Crippen molar-refractivity contribution in [2.24, 2.45) is 0 Å². The van der Waals surface area contributed by atoms with Gasteiger partial charge in [0.1, 0.15) is 0 Å². The molecular weight excluding hydrogens is 279 g/mol. The number of nitrogens with zero attached hydrogens (tertiary/aromatic N) is 1. The second-order valence-corrected chi connectivity index (χ2v) is 6.84. The van der Waals surface area contributed by atoms with Crippen molar-refractivity contribution < 1.29 is 21.6 Å². The second kappa shape index (κ2) is 5.75. The number of halogens is 4. The van der Waals surface area contributed by atoms with Gasteiger partial charge in [0.15, 0.2) is 0 Å². The molecule has 1 atom stereocenters. The molecule has 0 aromatic carbocycles. The van der Waals surface area contributed by atoms with Crippen molar-refractivity contribution in [2.45, 2.75) is 37.2 Å². The van der Waals surface area contributed by atoms with Gasteiger partial charge in [0.2, 0.25) is 10.0 Å². The highest BCUT2D eigenvalue weighted by Gasteiger charge is 2.31. The summed E-state index contributed by atoms with van der Waals surface area (Å²) in [6.45, 7) is 0.563. The molecule has 1 aliphatic heterocycles. The van der Waals surface area contributed by atoms with Crippen LogP contribution < -0.4 is 0 Å². The average molecular weight is 294 g/mol. The van der Waals surface area contributed by atoms with E-state index >= 15 is 0 Å². The summed E-state index contributed by atoms with van der Waals surface area (Å²) in [5.41, 5.74) is 0. The highest BCUT2D eigenvalue weighted by atomic mass is 35.5. The van der Waals surface area contributed by atoms with Crippen molar-refractivity contribution in [3.63, 3.8) is 0 Å². The van der Waals surface area contributed by atoms with Crippen molar-refractivity contribution in [3.05, 3.63) is 0 Å². The maximum atomic E-state index is 11.9. The molecule has 0 radical (unpaired) electrons. The molecule has 1 fully saturated rings. The van der Waals surface area contributed by atoms with Crippen LogP contribution in [0.2, 0.25) is 0 Å². The van der Waals surface area contributed by atoms with Crippen molar-refractivity contribution in [3.8, 4) is 0 Å². The Labute approximate surface area is 104 Å². The van der Waals surface area contributed by atoms with Gasteiger partial charge in [0.25, 0.3) is 0 Å². The van der Waals surface area contributed by atoms with Gasteiger partial charge in [-0.05, 0) is 19.3 Å². The maximum Gasteiger partial charge on any atom is 0.389 e. The quantitative estimate of drug-likeness (QED) is 0.746. The van der Waals surface area contributed by atoms with Crippen molar-refractivity contribution in [1.29, 1.82) is 0 Å². The molecule has 0 N–H and O–H groups in total. The van der Waals surface area contributed by atoms with E-state index in [2.05, 4.69) is 0 Å². The van der Waals surface area contributed by atoms with Gasteiger partial charge in [0.05, 0.1) is 5.75 Å². The topological polar surface area (TPSA) is 37.4 Å². The minimum Gasteiger partial charge on any atom is -0.212 e. The first-order valence-corrected chi connectivity index (χ1v) is 7.44. The number of hydrogen-bond acceptors (Lipinski definition) is 2. The van der Waals surface area contributed by atoms with Crippen LogP contribution >= 0.6 is 11.6 Å². The lowest BCUT2D eigenvalue weighted by atomic mass is 10.2. The highest BCUT2D eigenvalue weighted by molar-refractivity contribution is 7.89. The first kappa shape index (κ1) is 15.0. The Bertz CT molecular complexity index is 345. The fourth-order valence-electron chi connectivity index (χ4n) is 1.73. The molecule has 3 nitrogen and oxygen atoms in total. The third kappa shape index (κ3) is 5.44. The molecule has 1 aliphatic rings. The molecule has 0 spiro atoms. The van der Waals surface area contributed by atoms with Crippen LogP contribution in [0, 0.1) is 0 Å². The normalized spacial score (nSPS) is 23.9. The van der Waals surface area contributed by atoms with Crippen LogP contribution in [-0.4, -0.2) is 43.1 Å². The Morgan fingerprint density at radius 2 is 2.00 bits per heavy atom. The first-order valence-electron chi connectivity index (χ1n) is 5.39. The van der Waals surface area contributed by atoms with Gasteiger partial charge in [-0.25, -0.2) is 12.7 Å². The maximum absolute atomic E-state index is 11.9. The van der Waals surface area contributed by atoms with Crippen molar-refractivity contribution >= 4 is 21.6 Å². The summed E-state index contributed by atoms with van der Waals surface area (Å²) in [4.78, 5) is 0. The van der Waals surface area contributed by atoms with Crippen LogP contribution in [0.3, 0.4) is 0 Å². The van der Waals surface area contributed by atoms with Gasteiger partial charge in [-0.3, -0.25) is 0 Å². The van der Waals surface area contributed by atoms with Crippen LogP contribution in [0.5, 0.6) is 0 Å². The Kier molecular flexibility index (Phi) is 5.09. The van der Waals surface area contributed by atoms with E-state index < -0.39 is 34.8 Å². The third-order valence-corrected chi connectivity index (χ3v) is 4.86. The smallest absolute Gasteiger partial charge is 0.212 e. The van der Waals surface area contributed by atoms with Crippen LogP contribution in [0.25, 0.3) is 0 Å². The highest BCUT2D eigenvalue weighted by Crippen LogP contribution is 2.23. The predicted molar refractivity (Wildman–Crippen MR) is 59.5 cm³/mol. The number of rotatable bonds is 4. The minimum absolute atomic E-state index is 0.204. The van der Waals surface area contributed by atoms with Gasteiger partial charge in [0, 0.05) is 24.9 Å². The summed E-state index contributed by atoms with van der Waals surface area (Å²) in [6, 6.07) is 0. The molecule has 0 bridgehead atoms. The number of hydrogen-bond donors (Lipinski definition) is 0. The molecule has 1 heterocycles. The minimum atomic E-state index is -4.30. The van der Waals surface area contributed by atoms with Gasteiger partial charge in [-0.15, -0.1) is 11.6 Å². The molecular formula is C9H15ClF3NO2S. The Morgan fingerprint density at radius 3 is 2.53 bits per heavy atom. The summed E-state index contributed by atoms with van der Waals surface area (Å²) in [7, 11) is -3.59. The van der Waals surface area contributed by atoms with E-state index in [9.17, 15) is 21.6 Å². The van der Waals surface area contributed by atoms with E-state index in [4.69, 9.17) is 11.6 Å². The van der Waals surface area contributed by atoms with Gasteiger partial charge in [-0.1, -0.05) is 0 Å². The largest absolute Gasteiger partial charge is 0.389 e. The van der Waals surface area contributed by atoms with Gasteiger partial charge >= 0.3 is 6.18 Å². The summed E-state index contributed by atoms with van der Waals surface area (Å²) < 4.78 is 60.3. The predicted octanol–water partition coefficient (Wildman–Crippen LogP) is 2.36. The summed E-state index contributed by atoms with van der Waals surface area (Å²) in [5, 5.41) is -0.235. The average Bonchev–Trinajstić information content (AvgIpc) is 2.15. The monoisotopic (exact) mass is 293 g/mol. The van der Waals surface area contributed by atoms with Crippen molar-refractivity contribution in [2.75, 3.05) is 18.8 Å². The van der Waals surface area contributed by atoms with Crippen LogP contribution in [-0.2, 0) is 10.0 Å².